The van der Waals surface area contributed by atoms with Gasteiger partial charge in [-0.3, -0.25) is 9.48 Å². The van der Waals surface area contributed by atoms with E-state index in [1.807, 2.05) is 6.92 Å². The number of hydrogen-bond acceptors (Lipinski definition) is 4. The fourth-order valence-electron chi connectivity index (χ4n) is 1.44. The van der Waals surface area contributed by atoms with E-state index < -0.39 is 9.84 Å². The maximum absolute atomic E-state index is 11.0. The first-order valence-electron chi connectivity index (χ1n) is 5.27. The minimum absolute atomic E-state index is 0.0434. The van der Waals surface area contributed by atoms with Gasteiger partial charge in [-0.2, -0.15) is 5.10 Å². The third-order valence-corrected chi connectivity index (χ3v) is 3.60. The normalized spacial score (nSPS) is 11.7. The van der Waals surface area contributed by atoms with Crippen LogP contribution < -0.4 is 0 Å². The van der Waals surface area contributed by atoms with Gasteiger partial charge in [0.25, 0.3) is 0 Å². The van der Waals surface area contributed by atoms with Crippen molar-refractivity contribution in [2.45, 2.75) is 26.3 Å². The van der Waals surface area contributed by atoms with Gasteiger partial charge >= 0.3 is 0 Å². The van der Waals surface area contributed by atoms with Crippen LogP contribution in [0.3, 0.4) is 0 Å². The lowest BCUT2D eigenvalue weighted by Gasteiger charge is -2.01. The maximum atomic E-state index is 11.0. The zero-order chi connectivity index (χ0) is 13.1. The van der Waals surface area contributed by atoms with Crippen molar-refractivity contribution in [3.8, 4) is 0 Å². The number of rotatable bonds is 6. The molecule has 0 aliphatic heterocycles. The van der Waals surface area contributed by atoms with E-state index in [9.17, 15) is 13.2 Å². The van der Waals surface area contributed by atoms with Crippen LogP contribution >= 0.6 is 11.6 Å². The molecule has 5 nitrogen and oxygen atoms in total. The number of hydrogen-bond donors (Lipinski definition) is 0. The highest BCUT2D eigenvalue weighted by molar-refractivity contribution is 7.90. The summed E-state index contributed by atoms with van der Waals surface area (Å²) in [5.74, 6) is -0.0434. The second-order valence-electron chi connectivity index (χ2n) is 3.87. The molecule has 0 radical (unpaired) electrons. The lowest BCUT2D eigenvalue weighted by atomic mass is 10.2. The van der Waals surface area contributed by atoms with E-state index in [2.05, 4.69) is 5.10 Å². The van der Waals surface area contributed by atoms with Gasteiger partial charge in [-0.25, -0.2) is 8.42 Å². The summed E-state index contributed by atoms with van der Waals surface area (Å²) in [6.45, 7) is 2.14. The Morgan fingerprint density at radius 1 is 1.47 bits per heavy atom. The summed E-state index contributed by atoms with van der Waals surface area (Å²) in [5, 5.41) is 4.38. The quantitative estimate of drug-likeness (QED) is 0.737. The summed E-state index contributed by atoms with van der Waals surface area (Å²) in [7, 11) is -3.07. The van der Waals surface area contributed by atoms with Gasteiger partial charge in [0.05, 0.1) is 23.6 Å². The maximum Gasteiger partial charge on any atom is 0.155 e. The molecule has 0 saturated carbocycles. The van der Waals surface area contributed by atoms with Crippen molar-refractivity contribution in [3.63, 3.8) is 0 Å². The average Bonchev–Trinajstić information content (AvgIpc) is 2.51. The highest BCUT2D eigenvalue weighted by Crippen LogP contribution is 2.19. The molecule has 0 atom stereocenters. The van der Waals surface area contributed by atoms with Crippen LogP contribution in [0.4, 0.5) is 0 Å². The van der Waals surface area contributed by atoms with E-state index >= 15 is 0 Å². The van der Waals surface area contributed by atoms with E-state index in [1.165, 1.54) is 4.68 Å². The third kappa shape index (κ3) is 3.81. The topological polar surface area (TPSA) is 69.0 Å². The largest absolute Gasteiger partial charge is 0.298 e. The number of halogens is 1. The zero-order valence-electron chi connectivity index (χ0n) is 9.81. The summed E-state index contributed by atoms with van der Waals surface area (Å²) in [4.78, 5) is 10.9. The number of nitrogens with zero attached hydrogens (tertiary/aromatic N) is 2. The van der Waals surface area contributed by atoms with Crippen LogP contribution in [-0.2, 0) is 22.8 Å². The first kappa shape index (κ1) is 14.2. The SMILES string of the molecule is CCCc1nn(CCS(C)(=O)=O)c(Cl)c1C=O. The van der Waals surface area contributed by atoms with Crippen LogP contribution in [0.25, 0.3) is 0 Å². The van der Waals surface area contributed by atoms with Gasteiger partial charge in [0.2, 0.25) is 0 Å². The molecule has 0 aromatic carbocycles. The molecule has 0 spiro atoms. The molecule has 0 amide bonds. The van der Waals surface area contributed by atoms with E-state index in [0.29, 0.717) is 24.0 Å². The number of aromatic nitrogens is 2. The van der Waals surface area contributed by atoms with Crippen LogP contribution in [0.15, 0.2) is 0 Å². The zero-order valence-corrected chi connectivity index (χ0v) is 11.4. The fourth-order valence-corrected chi connectivity index (χ4v) is 2.22. The molecular weight excluding hydrogens is 264 g/mol. The minimum Gasteiger partial charge on any atom is -0.298 e. The van der Waals surface area contributed by atoms with Gasteiger partial charge in [-0.05, 0) is 6.42 Å². The Bertz CT molecular complexity index is 508. The molecule has 1 aromatic rings. The minimum atomic E-state index is -3.07. The number of carbonyl (C=O) groups excluding carboxylic acids is 1. The predicted octanol–water partition coefficient (Wildman–Crippen LogP) is 1.35. The lowest BCUT2D eigenvalue weighted by Crippen LogP contribution is -2.12. The molecule has 96 valence electrons. The average molecular weight is 279 g/mol. The summed E-state index contributed by atoms with van der Waals surface area (Å²) in [5.41, 5.74) is 0.989. The smallest absolute Gasteiger partial charge is 0.155 e. The second-order valence-corrected chi connectivity index (χ2v) is 6.49. The summed E-state index contributed by atoms with van der Waals surface area (Å²) >= 11 is 5.97. The first-order valence-corrected chi connectivity index (χ1v) is 7.71. The van der Waals surface area contributed by atoms with E-state index in [0.717, 1.165) is 12.7 Å². The standard InChI is InChI=1S/C10H15ClN2O3S/c1-3-4-9-8(7-14)10(11)13(12-9)5-6-17(2,15)16/h7H,3-6H2,1-2H3. The molecule has 1 heterocycles. The van der Waals surface area contributed by atoms with Crippen molar-refractivity contribution < 1.29 is 13.2 Å². The molecule has 1 aromatic heterocycles. The number of carbonyl (C=O) groups is 1. The van der Waals surface area contributed by atoms with Crippen LogP contribution in [-0.4, -0.2) is 36.5 Å². The van der Waals surface area contributed by atoms with Crippen molar-refractivity contribution in [3.05, 3.63) is 16.4 Å². The molecule has 0 aliphatic rings. The Morgan fingerprint density at radius 3 is 2.59 bits per heavy atom. The summed E-state index contributed by atoms with van der Waals surface area (Å²) in [6, 6.07) is 0. The van der Waals surface area contributed by atoms with Gasteiger partial charge in [-0.15, -0.1) is 0 Å². The van der Waals surface area contributed by atoms with Crippen molar-refractivity contribution in [1.82, 2.24) is 9.78 Å². The monoisotopic (exact) mass is 278 g/mol. The molecule has 0 unspecified atom stereocenters. The van der Waals surface area contributed by atoms with Gasteiger partial charge in [0.1, 0.15) is 15.0 Å². The van der Waals surface area contributed by atoms with E-state index in [-0.39, 0.29) is 17.5 Å². The Labute approximate surface area is 106 Å². The Morgan fingerprint density at radius 2 is 2.12 bits per heavy atom. The highest BCUT2D eigenvalue weighted by atomic mass is 35.5. The number of sulfone groups is 1. The molecule has 17 heavy (non-hydrogen) atoms. The van der Waals surface area contributed by atoms with E-state index in [4.69, 9.17) is 11.6 Å². The Hall–Kier alpha value is -0.880. The molecular formula is C10H15ClN2O3S. The molecule has 0 saturated heterocycles. The Balaban J connectivity index is 2.97. The molecule has 7 heteroatoms. The van der Waals surface area contributed by atoms with Gasteiger partial charge in [-0.1, -0.05) is 24.9 Å². The van der Waals surface area contributed by atoms with Crippen LogP contribution in [0.2, 0.25) is 5.15 Å². The van der Waals surface area contributed by atoms with Crippen molar-refractivity contribution in [2.75, 3.05) is 12.0 Å². The third-order valence-electron chi connectivity index (χ3n) is 2.28. The van der Waals surface area contributed by atoms with Crippen molar-refractivity contribution >= 4 is 27.7 Å². The first-order chi connectivity index (χ1) is 7.89. The van der Waals surface area contributed by atoms with Gasteiger partial charge in [0, 0.05) is 6.26 Å². The van der Waals surface area contributed by atoms with E-state index in [1.54, 1.807) is 0 Å². The number of aryl methyl sites for hydroxylation is 2. The van der Waals surface area contributed by atoms with Gasteiger partial charge in [0.15, 0.2) is 6.29 Å². The van der Waals surface area contributed by atoms with Crippen molar-refractivity contribution in [2.24, 2.45) is 0 Å². The predicted molar refractivity (Wildman–Crippen MR) is 66.3 cm³/mol. The second kappa shape index (κ2) is 5.64. The molecule has 0 aliphatic carbocycles. The number of aldehydes is 1. The van der Waals surface area contributed by atoms with Gasteiger partial charge < -0.3 is 0 Å². The summed E-state index contributed by atoms with van der Waals surface area (Å²) < 4.78 is 23.5. The van der Waals surface area contributed by atoms with Crippen molar-refractivity contribution in [1.29, 1.82) is 0 Å². The molecule has 1 rings (SSSR count). The Kier molecular flexibility index (Phi) is 4.70. The molecule has 0 fully saturated rings. The fraction of sp³-hybridized carbons (Fsp3) is 0.600. The lowest BCUT2D eigenvalue weighted by molar-refractivity contribution is 0.112. The van der Waals surface area contributed by atoms with Crippen LogP contribution in [0.1, 0.15) is 29.4 Å². The van der Waals surface area contributed by atoms with Crippen LogP contribution in [0, 0.1) is 0 Å². The summed E-state index contributed by atoms with van der Waals surface area (Å²) in [6.07, 6.45) is 3.31. The molecule has 0 bridgehead atoms. The van der Waals surface area contributed by atoms with Crippen LogP contribution in [0.5, 0.6) is 0 Å². The highest BCUT2D eigenvalue weighted by Gasteiger charge is 2.15. The molecule has 0 N–H and O–H groups in total.